The molecule has 2 aromatic carbocycles. The van der Waals surface area contributed by atoms with Crippen LogP contribution in [0.5, 0.6) is 5.75 Å². The van der Waals surface area contributed by atoms with Crippen LogP contribution < -0.4 is 10.1 Å². The monoisotopic (exact) mass is 477 g/mol. The van der Waals surface area contributed by atoms with Gasteiger partial charge in [-0.25, -0.2) is 14.4 Å². The van der Waals surface area contributed by atoms with Gasteiger partial charge in [-0.3, -0.25) is 9.69 Å². The Morgan fingerprint density at radius 1 is 1.09 bits per heavy atom. The summed E-state index contributed by atoms with van der Waals surface area (Å²) in [5.41, 5.74) is 2.96. The quantitative estimate of drug-likeness (QED) is 0.511. The fraction of sp³-hybridized carbons (Fsp3) is 0.370. The van der Waals surface area contributed by atoms with Crippen molar-refractivity contribution in [1.29, 1.82) is 0 Å². The van der Waals surface area contributed by atoms with E-state index in [-0.39, 0.29) is 24.7 Å². The summed E-state index contributed by atoms with van der Waals surface area (Å²) >= 11 is 0. The van der Waals surface area contributed by atoms with E-state index in [0.29, 0.717) is 23.7 Å². The number of amides is 1. The van der Waals surface area contributed by atoms with Gasteiger partial charge in [-0.2, -0.15) is 0 Å². The highest BCUT2D eigenvalue weighted by atomic mass is 19.1. The van der Waals surface area contributed by atoms with Crippen molar-refractivity contribution in [3.05, 3.63) is 77.6 Å². The minimum absolute atomic E-state index is 0.118. The maximum Gasteiger partial charge on any atom is 0.224 e. The molecule has 8 heteroatoms. The largest absolute Gasteiger partial charge is 0.492 e. The zero-order valence-electron chi connectivity index (χ0n) is 20.3. The molecule has 0 bridgehead atoms. The highest BCUT2D eigenvalue weighted by molar-refractivity contribution is 5.78. The molecule has 3 aromatic rings. The number of piperazine rings is 1. The zero-order valence-corrected chi connectivity index (χ0v) is 20.3. The Hall–Kier alpha value is -3.36. The van der Waals surface area contributed by atoms with E-state index < -0.39 is 0 Å². The minimum Gasteiger partial charge on any atom is -0.492 e. The van der Waals surface area contributed by atoms with Gasteiger partial charge in [0, 0.05) is 56.2 Å². The van der Waals surface area contributed by atoms with Gasteiger partial charge in [0.25, 0.3) is 0 Å². The Labute approximate surface area is 206 Å². The Morgan fingerprint density at radius 2 is 1.86 bits per heavy atom. The molecule has 1 aliphatic rings. The van der Waals surface area contributed by atoms with Crippen LogP contribution in [0.2, 0.25) is 0 Å². The van der Waals surface area contributed by atoms with Crippen molar-refractivity contribution in [3.63, 3.8) is 0 Å². The summed E-state index contributed by atoms with van der Waals surface area (Å²) in [5, 5.41) is 2.83. The standard InChI is InChI=1S/C27H32FN5O2/c1-20-9-10-29-26(31-20)19-30-27(34)17-21-3-5-22(6-4-21)24-8-7-23(18-25(24)28)35-16-15-33-13-11-32(2)12-14-33/h3-10,18H,11-17,19H2,1-2H3,(H,30,34). The Morgan fingerprint density at radius 3 is 2.57 bits per heavy atom. The molecule has 1 aliphatic heterocycles. The first-order chi connectivity index (χ1) is 17.0. The topological polar surface area (TPSA) is 70.6 Å². The van der Waals surface area contributed by atoms with E-state index in [0.717, 1.165) is 49.5 Å². The molecule has 1 N–H and O–H groups in total. The van der Waals surface area contributed by atoms with Crippen molar-refractivity contribution in [2.24, 2.45) is 0 Å². The number of carbonyl (C=O) groups is 1. The Kier molecular flexibility index (Phi) is 8.39. The molecule has 1 amide bonds. The van der Waals surface area contributed by atoms with Crippen LogP contribution in [0.15, 0.2) is 54.7 Å². The summed E-state index contributed by atoms with van der Waals surface area (Å²) in [6.45, 7) is 7.74. The molecule has 2 heterocycles. The molecule has 0 atom stereocenters. The fourth-order valence-electron chi connectivity index (χ4n) is 4.00. The van der Waals surface area contributed by atoms with Crippen molar-refractivity contribution >= 4 is 5.91 Å². The van der Waals surface area contributed by atoms with Gasteiger partial charge in [0.15, 0.2) is 0 Å². The van der Waals surface area contributed by atoms with Crippen LogP contribution in [0, 0.1) is 12.7 Å². The van der Waals surface area contributed by atoms with Crippen molar-refractivity contribution in [1.82, 2.24) is 25.1 Å². The van der Waals surface area contributed by atoms with E-state index in [9.17, 15) is 9.18 Å². The smallest absolute Gasteiger partial charge is 0.224 e. The van der Waals surface area contributed by atoms with Gasteiger partial charge in [-0.15, -0.1) is 0 Å². The molecular formula is C27H32FN5O2. The SMILES string of the molecule is Cc1ccnc(CNC(=O)Cc2ccc(-c3ccc(OCCN4CCN(C)CC4)cc3F)cc2)n1. The molecule has 35 heavy (non-hydrogen) atoms. The summed E-state index contributed by atoms with van der Waals surface area (Å²) in [6.07, 6.45) is 1.91. The van der Waals surface area contributed by atoms with Gasteiger partial charge < -0.3 is 15.0 Å². The summed E-state index contributed by atoms with van der Waals surface area (Å²) in [4.78, 5) is 25.4. The summed E-state index contributed by atoms with van der Waals surface area (Å²) in [5.74, 6) is 0.667. The number of nitrogens with one attached hydrogen (secondary N) is 1. The lowest BCUT2D eigenvalue weighted by molar-refractivity contribution is -0.120. The number of halogens is 1. The highest BCUT2D eigenvalue weighted by Crippen LogP contribution is 2.26. The predicted octanol–water partition coefficient (Wildman–Crippen LogP) is 3.08. The van der Waals surface area contributed by atoms with E-state index in [2.05, 4.69) is 32.1 Å². The van der Waals surface area contributed by atoms with Crippen LogP contribution >= 0.6 is 0 Å². The number of aryl methyl sites for hydroxylation is 1. The average Bonchev–Trinajstić information content (AvgIpc) is 2.85. The molecule has 0 aliphatic carbocycles. The van der Waals surface area contributed by atoms with Gasteiger partial charge in [-0.05, 0) is 43.3 Å². The molecule has 1 fully saturated rings. The molecule has 0 saturated carbocycles. The molecule has 184 valence electrons. The van der Waals surface area contributed by atoms with E-state index in [1.807, 2.05) is 37.3 Å². The number of aromatic nitrogens is 2. The van der Waals surface area contributed by atoms with Gasteiger partial charge in [-0.1, -0.05) is 24.3 Å². The number of nitrogens with zero attached hydrogens (tertiary/aromatic N) is 4. The van der Waals surface area contributed by atoms with Crippen LogP contribution in [0.25, 0.3) is 11.1 Å². The summed E-state index contributed by atoms with van der Waals surface area (Å²) < 4.78 is 20.6. The molecule has 0 unspecified atom stereocenters. The van der Waals surface area contributed by atoms with Crippen LogP contribution in [-0.2, 0) is 17.8 Å². The zero-order chi connectivity index (χ0) is 24.6. The van der Waals surface area contributed by atoms with E-state index in [4.69, 9.17) is 4.74 Å². The first kappa shape index (κ1) is 24.8. The number of ether oxygens (including phenoxy) is 1. The lowest BCUT2D eigenvalue weighted by atomic mass is 10.0. The van der Waals surface area contributed by atoms with E-state index >= 15 is 0 Å². The second-order valence-electron chi connectivity index (χ2n) is 8.90. The number of hydrogen-bond donors (Lipinski definition) is 1. The highest BCUT2D eigenvalue weighted by Gasteiger charge is 2.14. The van der Waals surface area contributed by atoms with Gasteiger partial charge in [0.05, 0.1) is 13.0 Å². The van der Waals surface area contributed by atoms with E-state index in [1.54, 1.807) is 18.3 Å². The average molecular weight is 478 g/mol. The van der Waals surface area contributed by atoms with E-state index in [1.165, 1.54) is 6.07 Å². The van der Waals surface area contributed by atoms with Crippen molar-refractivity contribution in [3.8, 4) is 16.9 Å². The van der Waals surface area contributed by atoms with Crippen LogP contribution in [-0.4, -0.2) is 72.1 Å². The molecular weight excluding hydrogens is 445 g/mol. The number of hydrogen-bond acceptors (Lipinski definition) is 6. The number of likely N-dealkylation sites (N-methyl/N-ethyl adjacent to an activating group) is 1. The normalized spacial score (nSPS) is 14.6. The molecule has 0 radical (unpaired) electrons. The second-order valence-corrected chi connectivity index (χ2v) is 8.90. The van der Waals surface area contributed by atoms with Crippen LogP contribution in [0.4, 0.5) is 4.39 Å². The maximum absolute atomic E-state index is 14.8. The van der Waals surface area contributed by atoms with Gasteiger partial charge in [0.2, 0.25) is 5.91 Å². The number of benzene rings is 2. The van der Waals surface area contributed by atoms with Crippen molar-refractivity contribution < 1.29 is 13.9 Å². The third kappa shape index (κ3) is 7.31. The lowest BCUT2D eigenvalue weighted by Crippen LogP contribution is -2.45. The number of rotatable bonds is 9. The van der Waals surface area contributed by atoms with Crippen LogP contribution in [0.1, 0.15) is 17.1 Å². The molecule has 1 aromatic heterocycles. The lowest BCUT2D eigenvalue weighted by Gasteiger charge is -2.32. The van der Waals surface area contributed by atoms with Crippen LogP contribution in [0.3, 0.4) is 0 Å². The van der Waals surface area contributed by atoms with Crippen molar-refractivity contribution in [2.45, 2.75) is 19.9 Å². The molecule has 4 rings (SSSR count). The summed E-state index contributed by atoms with van der Waals surface area (Å²) in [6, 6.07) is 14.1. The Bertz CT molecular complexity index is 1130. The third-order valence-corrected chi connectivity index (χ3v) is 6.13. The van der Waals surface area contributed by atoms with Gasteiger partial charge >= 0.3 is 0 Å². The molecule has 7 nitrogen and oxygen atoms in total. The second kappa shape index (κ2) is 11.9. The first-order valence-corrected chi connectivity index (χ1v) is 11.9. The first-order valence-electron chi connectivity index (χ1n) is 11.9. The predicted molar refractivity (Wildman–Crippen MR) is 134 cm³/mol. The summed E-state index contributed by atoms with van der Waals surface area (Å²) in [7, 11) is 2.13. The van der Waals surface area contributed by atoms with Crippen molar-refractivity contribution in [2.75, 3.05) is 46.4 Å². The minimum atomic E-state index is -0.328. The Balaban J connectivity index is 1.26. The van der Waals surface area contributed by atoms with Gasteiger partial charge in [0.1, 0.15) is 24.0 Å². The molecule has 0 spiro atoms. The maximum atomic E-state index is 14.8. The molecule has 1 saturated heterocycles. The number of carbonyl (C=O) groups excluding carboxylic acids is 1. The fourth-order valence-corrected chi connectivity index (χ4v) is 4.00. The third-order valence-electron chi connectivity index (χ3n) is 6.13.